The van der Waals surface area contributed by atoms with Crippen LogP contribution in [-0.4, -0.2) is 22.4 Å². The van der Waals surface area contributed by atoms with Gasteiger partial charge in [0.05, 0.1) is 35.6 Å². The molecule has 0 atom stereocenters. The Labute approximate surface area is 185 Å². The Morgan fingerprint density at radius 1 is 1.27 bits per heavy atom. The SMILES string of the molecule is C=C(N=C(/C=C\N)c1ccc(Cl)cc1Cl)Nc1ccc(-n2cnc(C)c2)c(OC)c1. The van der Waals surface area contributed by atoms with Crippen molar-refractivity contribution in [3.63, 3.8) is 0 Å². The summed E-state index contributed by atoms with van der Waals surface area (Å²) in [6.07, 6.45) is 6.70. The fourth-order valence-corrected chi connectivity index (χ4v) is 3.34. The van der Waals surface area contributed by atoms with E-state index in [9.17, 15) is 0 Å². The second-order valence-corrected chi connectivity index (χ2v) is 7.20. The summed E-state index contributed by atoms with van der Waals surface area (Å²) in [6.45, 7) is 5.92. The van der Waals surface area contributed by atoms with E-state index in [0.717, 1.165) is 17.1 Å². The normalized spacial score (nSPS) is 11.7. The third kappa shape index (κ3) is 5.03. The molecule has 0 aliphatic heterocycles. The Bertz CT molecular complexity index is 1130. The zero-order chi connectivity index (χ0) is 21.7. The van der Waals surface area contributed by atoms with Crippen LogP contribution in [0.1, 0.15) is 11.3 Å². The minimum Gasteiger partial charge on any atom is -0.494 e. The second kappa shape index (κ2) is 9.52. The summed E-state index contributed by atoms with van der Waals surface area (Å²) < 4.78 is 7.44. The molecule has 8 heteroatoms. The van der Waals surface area contributed by atoms with Crippen LogP contribution in [0.2, 0.25) is 10.0 Å². The number of anilines is 1. The maximum absolute atomic E-state index is 6.31. The van der Waals surface area contributed by atoms with Crippen molar-refractivity contribution in [2.75, 3.05) is 12.4 Å². The summed E-state index contributed by atoms with van der Waals surface area (Å²) in [5.74, 6) is 1.08. The van der Waals surface area contributed by atoms with Crippen molar-refractivity contribution in [2.45, 2.75) is 6.92 Å². The standard InChI is InChI=1S/C22H21Cl2N5O/c1-14-12-29(13-26-14)21-7-5-17(11-22(21)30-3)27-15(2)28-20(8-9-25)18-6-4-16(23)10-19(18)24/h4-13,27H,2,25H2,1,3H3/b9-8-,28-20?. The molecule has 0 unspecified atom stereocenters. The van der Waals surface area contributed by atoms with E-state index in [0.29, 0.717) is 32.9 Å². The van der Waals surface area contributed by atoms with Gasteiger partial charge in [-0.25, -0.2) is 9.98 Å². The lowest BCUT2D eigenvalue weighted by atomic mass is 10.1. The van der Waals surface area contributed by atoms with E-state index in [1.54, 1.807) is 37.7 Å². The molecular formula is C22H21Cl2N5O. The molecule has 0 bridgehead atoms. The van der Waals surface area contributed by atoms with Crippen LogP contribution in [0.3, 0.4) is 0 Å². The van der Waals surface area contributed by atoms with Crippen molar-refractivity contribution in [1.29, 1.82) is 0 Å². The lowest BCUT2D eigenvalue weighted by Crippen LogP contribution is -2.04. The zero-order valence-corrected chi connectivity index (χ0v) is 18.1. The molecule has 0 amide bonds. The maximum Gasteiger partial charge on any atom is 0.144 e. The van der Waals surface area contributed by atoms with Gasteiger partial charge in [-0.3, -0.25) is 0 Å². The van der Waals surface area contributed by atoms with Crippen molar-refractivity contribution >= 4 is 34.6 Å². The predicted molar refractivity (Wildman–Crippen MR) is 124 cm³/mol. The van der Waals surface area contributed by atoms with Crippen molar-refractivity contribution in [1.82, 2.24) is 9.55 Å². The van der Waals surface area contributed by atoms with E-state index in [1.165, 1.54) is 6.20 Å². The number of aryl methyl sites for hydroxylation is 1. The summed E-state index contributed by atoms with van der Waals surface area (Å²) in [6, 6.07) is 10.9. The van der Waals surface area contributed by atoms with Gasteiger partial charge in [0.1, 0.15) is 11.6 Å². The molecular weight excluding hydrogens is 421 g/mol. The van der Waals surface area contributed by atoms with Crippen LogP contribution in [0.5, 0.6) is 5.75 Å². The maximum atomic E-state index is 6.31. The second-order valence-electron chi connectivity index (χ2n) is 6.36. The Morgan fingerprint density at radius 3 is 2.70 bits per heavy atom. The van der Waals surface area contributed by atoms with Gasteiger partial charge in [-0.15, -0.1) is 0 Å². The average molecular weight is 442 g/mol. The van der Waals surface area contributed by atoms with Gasteiger partial charge in [0, 0.05) is 28.5 Å². The van der Waals surface area contributed by atoms with Gasteiger partial charge >= 0.3 is 0 Å². The molecule has 1 aromatic heterocycles. The molecule has 0 aliphatic carbocycles. The predicted octanol–water partition coefficient (Wildman–Crippen LogP) is 5.34. The number of aromatic nitrogens is 2. The average Bonchev–Trinajstić information content (AvgIpc) is 3.13. The van der Waals surface area contributed by atoms with Crippen LogP contribution >= 0.6 is 23.2 Å². The Kier molecular flexibility index (Phi) is 6.82. The molecule has 6 nitrogen and oxygen atoms in total. The molecule has 154 valence electrons. The van der Waals surface area contributed by atoms with Crippen LogP contribution in [-0.2, 0) is 0 Å². The molecule has 3 rings (SSSR count). The third-order valence-electron chi connectivity index (χ3n) is 4.17. The fourth-order valence-electron chi connectivity index (χ4n) is 2.84. The quantitative estimate of drug-likeness (QED) is 0.484. The van der Waals surface area contributed by atoms with E-state index in [4.69, 9.17) is 33.7 Å². The Morgan fingerprint density at radius 2 is 2.07 bits per heavy atom. The topological polar surface area (TPSA) is 77.5 Å². The van der Waals surface area contributed by atoms with E-state index in [2.05, 4.69) is 21.9 Å². The van der Waals surface area contributed by atoms with Crippen LogP contribution in [0.15, 0.2) is 78.6 Å². The van der Waals surface area contributed by atoms with Crippen LogP contribution in [0, 0.1) is 6.92 Å². The van der Waals surface area contributed by atoms with Gasteiger partial charge in [0.15, 0.2) is 0 Å². The van der Waals surface area contributed by atoms with Gasteiger partial charge in [0.2, 0.25) is 0 Å². The largest absolute Gasteiger partial charge is 0.494 e. The summed E-state index contributed by atoms with van der Waals surface area (Å²) >= 11 is 12.3. The number of nitrogens with two attached hydrogens (primary N) is 1. The first-order chi connectivity index (χ1) is 14.4. The number of hydrogen-bond donors (Lipinski definition) is 2. The summed E-state index contributed by atoms with van der Waals surface area (Å²) in [5, 5.41) is 4.16. The molecule has 0 saturated carbocycles. The lowest BCUT2D eigenvalue weighted by Gasteiger charge is -2.13. The molecule has 30 heavy (non-hydrogen) atoms. The first kappa shape index (κ1) is 21.5. The summed E-state index contributed by atoms with van der Waals surface area (Å²) in [5.41, 5.74) is 9.38. The van der Waals surface area contributed by atoms with E-state index >= 15 is 0 Å². The number of rotatable bonds is 7. The molecule has 2 aromatic carbocycles. The number of methoxy groups -OCH3 is 1. The first-order valence-corrected chi connectivity index (χ1v) is 9.74. The molecule has 0 aliphatic rings. The van der Waals surface area contributed by atoms with Crippen molar-refractivity contribution < 1.29 is 4.74 Å². The number of nitrogens with zero attached hydrogens (tertiary/aromatic N) is 3. The molecule has 0 radical (unpaired) electrons. The number of ether oxygens (including phenoxy) is 1. The molecule has 3 N–H and O–H groups in total. The highest BCUT2D eigenvalue weighted by Gasteiger charge is 2.10. The van der Waals surface area contributed by atoms with Gasteiger partial charge in [-0.05, 0) is 49.5 Å². The van der Waals surface area contributed by atoms with Crippen molar-refractivity contribution in [2.24, 2.45) is 10.7 Å². The molecule has 0 fully saturated rings. The summed E-state index contributed by atoms with van der Waals surface area (Å²) in [7, 11) is 1.62. The minimum absolute atomic E-state index is 0.405. The number of hydrogen-bond acceptors (Lipinski definition) is 5. The number of aliphatic imine (C=N–C) groups is 1. The van der Waals surface area contributed by atoms with Crippen LogP contribution < -0.4 is 15.8 Å². The molecule has 0 saturated heterocycles. The van der Waals surface area contributed by atoms with Crippen molar-refractivity contribution in [3.05, 3.63) is 94.9 Å². The number of benzene rings is 2. The highest BCUT2D eigenvalue weighted by molar-refractivity contribution is 6.37. The first-order valence-electron chi connectivity index (χ1n) is 8.98. The number of allylic oxidation sites excluding steroid dienone is 1. The number of nitrogens with one attached hydrogen (secondary N) is 1. The van der Waals surface area contributed by atoms with Gasteiger partial charge in [0.25, 0.3) is 0 Å². The third-order valence-corrected chi connectivity index (χ3v) is 4.72. The monoisotopic (exact) mass is 441 g/mol. The minimum atomic E-state index is 0.405. The van der Waals surface area contributed by atoms with Gasteiger partial charge < -0.3 is 20.4 Å². The Balaban J connectivity index is 1.86. The van der Waals surface area contributed by atoms with Crippen LogP contribution in [0.25, 0.3) is 5.69 Å². The van der Waals surface area contributed by atoms with E-state index in [-0.39, 0.29) is 0 Å². The van der Waals surface area contributed by atoms with E-state index < -0.39 is 0 Å². The smallest absolute Gasteiger partial charge is 0.144 e. The number of imidazole rings is 1. The zero-order valence-electron chi connectivity index (χ0n) is 16.6. The summed E-state index contributed by atoms with van der Waals surface area (Å²) in [4.78, 5) is 8.78. The lowest BCUT2D eigenvalue weighted by molar-refractivity contribution is 0.413. The van der Waals surface area contributed by atoms with Gasteiger partial charge in [-0.1, -0.05) is 29.8 Å². The molecule has 3 aromatic rings. The van der Waals surface area contributed by atoms with Gasteiger partial charge in [-0.2, -0.15) is 0 Å². The molecule has 0 spiro atoms. The van der Waals surface area contributed by atoms with Crippen LogP contribution in [0.4, 0.5) is 5.69 Å². The highest BCUT2D eigenvalue weighted by atomic mass is 35.5. The number of halogens is 2. The molecule has 1 heterocycles. The van der Waals surface area contributed by atoms with E-state index in [1.807, 2.05) is 35.9 Å². The Hall–Kier alpha value is -3.22. The fraction of sp³-hybridized carbons (Fsp3) is 0.0909. The van der Waals surface area contributed by atoms with Crippen molar-refractivity contribution in [3.8, 4) is 11.4 Å². The highest BCUT2D eigenvalue weighted by Crippen LogP contribution is 2.28.